The summed E-state index contributed by atoms with van der Waals surface area (Å²) in [5.41, 5.74) is 1.52. The van der Waals surface area contributed by atoms with E-state index in [2.05, 4.69) is 30.9 Å². The van der Waals surface area contributed by atoms with Crippen LogP contribution >= 0.6 is 23.4 Å². The molecule has 0 radical (unpaired) electrons. The quantitative estimate of drug-likeness (QED) is 0.318. The normalized spacial score (nSPS) is 11.1. The Morgan fingerprint density at radius 3 is 2.45 bits per heavy atom. The molecule has 8 nitrogen and oxygen atoms in total. The average molecular weight is 498 g/mol. The third-order valence-electron chi connectivity index (χ3n) is 3.91. The van der Waals surface area contributed by atoms with Crippen LogP contribution in [0.1, 0.15) is 16.1 Å². The highest BCUT2D eigenvalue weighted by molar-refractivity contribution is 7.99. The summed E-state index contributed by atoms with van der Waals surface area (Å²) < 4.78 is 39.0. The van der Waals surface area contributed by atoms with Crippen molar-refractivity contribution in [3.8, 4) is 0 Å². The van der Waals surface area contributed by atoms with Crippen LogP contribution in [0.4, 0.5) is 29.3 Å². The molecule has 33 heavy (non-hydrogen) atoms. The standard InChI is InChI=1S/C20H15ClF3N5O3S/c1-32-29-18(30)16-9-17(26-10-25-16)33-13-4-2-3-11(7-13)27-19(31)28-12-5-6-15(21)14(8-12)20(22,23)24/h2-10H,1H3,(H,29,30)(H2,27,28,31). The lowest BCUT2D eigenvalue weighted by molar-refractivity contribution is -0.137. The van der Waals surface area contributed by atoms with Gasteiger partial charge in [-0.05, 0) is 36.4 Å². The molecular formula is C20H15ClF3N5O3S. The van der Waals surface area contributed by atoms with Gasteiger partial charge in [-0.3, -0.25) is 9.63 Å². The third-order valence-corrected chi connectivity index (χ3v) is 5.16. The molecule has 3 rings (SSSR count). The zero-order chi connectivity index (χ0) is 24.0. The molecular weight excluding hydrogens is 483 g/mol. The number of hydroxylamine groups is 1. The van der Waals surface area contributed by atoms with E-state index in [0.717, 1.165) is 12.1 Å². The van der Waals surface area contributed by atoms with Crippen molar-refractivity contribution in [3.05, 3.63) is 71.1 Å². The lowest BCUT2D eigenvalue weighted by Gasteiger charge is -2.12. The van der Waals surface area contributed by atoms with E-state index in [4.69, 9.17) is 11.6 Å². The fourth-order valence-electron chi connectivity index (χ4n) is 2.54. The van der Waals surface area contributed by atoms with Crippen molar-refractivity contribution in [1.29, 1.82) is 0 Å². The molecule has 0 aliphatic carbocycles. The maximum atomic E-state index is 13.0. The first-order valence-electron chi connectivity index (χ1n) is 9.04. The summed E-state index contributed by atoms with van der Waals surface area (Å²) in [5, 5.41) is 4.88. The molecule has 3 amide bonds. The number of aromatic nitrogens is 2. The van der Waals surface area contributed by atoms with Gasteiger partial charge in [0, 0.05) is 22.3 Å². The number of benzene rings is 2. The van der Waals surface area contributed by atoms with Crippen LogP contribution in [0.2, 0.25) is 5.02 Å². The topological polar surface area (TPSA) is 105 Å². The van der Waals surface area contributed by atoms with Crippen molar-refractivity contribution >= 4 is 46.7 Å². The van der Waals surface area contributed by atoms with Crippen LogP contribution in [0, 0.1) is 0 Å². The highest BCUT2D eigenvalue weighted by Gasteiger charge is 2.33. The SMILES string of the molecule is CONC(=O)c1cc(Sc2cccc(NC(=O)Nc3ccc(Cl)c(C(F)(F)F)c3)c2)ncn1. The van der Waals surface area contributed by atoms with Crippen LogP contribution in [-0.4, -0.2) is 29.0 Å². The highest BCUT2D eigenvalue weighted by atomic mass is 35.5. The van der Waals surface area contributed by atoms with Crippen LogP contribution in [0.3, 0.4) is 0 Å². The Hall–Kier alpha value is -3.35. The van der Waals surface area contributed by atoms with Gasteiger partial charge in [-0.1, -0.05) is 29.4 Å². The minimum Gasteiger partial charge on any atom is -0.308 e. The largest absolute Gasteiger partial charge is 0.417 e. The van der Waals surface area contributed by atoms with Gasteiger partial charge in [0.05, 0.1) is 17.7 Å². The first-order valence-corrected chi connectivity index (χ1v) is 10.2. The molecule has 172 valence electrons. The van der Waals surface area contributed by atoms with E-state index in [-0.39, 0.29) is 11.4 Å². The number of urea groups is 1. The second kappa shape index (κ2) is 10.5. The number of hydrogen-bond acceptors (Lipinski definition) is 6. The Morgan fingerprint density at radius 2 is 1.76 bits per heavy atom. The van der Waals surface area contributed by atoms with Gasteiger partial charge in [0.2, 0.25) is 0 Å². The number of amides is 3. The van der Waals surface area contributed by atoms with Crippen LogP contribution < -0.4 is 16.1 Å². The van der Waals surface area contributed by atoms with Gasteiger partial charge in [0.1, 0.15) is 17.0 Å². The second-order valence-corrected chi connectivity index (χ2v) is 7.78. The lowest BCUT2D eigenvalue weighted by atomic mass is 10.2. The van der Waals surface area contributed by atoms with Crippen molar-refractivity contribution < 1.29 is 27.6 Å². The Labute approximate surface area is 194 Å². The van der Waals surface area contributed by atoms with E-state index in [1.807, 2.05) is 0 Å². The van der Waals surface area contributed by atoms with Crippen molar-refractivity contribution in [2.24, 2.45) is 0 Å². The van der Waals surface area contributed by atoms with Gasteiger partial charge in [-0.2, -0.15) is 13.2 Å². The van der Waals surface area contributed by atoms with Gasteiger partial charge in [-0.25, -0.2) is 20.2 Å². The van der Waals surface area contributed by atoms with Crippen LogP contribution in [0.25, 0.3) is 0 Å². The predicted octanol–water partition coefficient (Wildman–Crippen LogP) is 5.24. The number of alkyl halides is 3. The number of carbonyl (C=O) groups excluding carboxylic acids is 2. The molecule has 2 aromatic carbocycles. The summed E-state index contributed by atoms with van der Waals surface area (Å²) in [6, 6.07) is 10.4. The summed E-state index contributed by atoms with van der Waals surface area (Å²) in [6.45, 7) is 0. The van der Waals surface area contributed by atoms with Crippen LogP contribution in [0.15, 0.2) is 64.8 Å². The van der Waals surface area contributed by atoms with Crippen molar-refractivity contribution in [3.63, 3.8) is 0 Å². The third kappa shape index (κ3) is 6.81. The molecule has 1 heterocycles. The van der Waals surface area contributed by atoms with E-state index < -0.39 is 28.7 Å². The van der Waals surface area contributed by atoms with Crippen molar-refractivity contribution in [1.82, 2.24) is 15.4 Å². The summed E-state index contributed by atoms with van der Waals surface area (Å²) >= 11 is 6.79. The van der Waals surface area contributed by atoms with Crippen LogP contribution in [0.5, 0.6) is 0 Å². The number of rotatable bonds is 6. The maximum absolute atomic E-state index is 13.0. The first-order chi connectivity index (χ1) is 15.7. The van der Waals surface area contributed by atoms with E-state index in [0.29, 0.717) is 15.6 Å². The fraction of sp³-hybridized carbons (Fsp3) is 0.100. The van der Waals surface area contributed by atoms with Crippen molar-refractivity contribution in [2.45, 2.75) is 16.1 Å². The average Bonchev–Trinajstić information content (AvgIpc) is 2.75. The van der Waals surface area contributed by atoms with Gasteiger partial charge in [0.25, 0.3) is 5.91 Å². The second-order valence-electron chi connectivity index (χ2n) is 6.28. The van der Waals surface area contributed by atoms with E-state index >= 15 is 0 Å². The monoisotopic (exact) mass is 497 g/mol. The molecule has 13 heteroatoms. The Bertz CT molecular complexity index is 1180. The molecule has 3 N–H and O–H groups in total. The zero-order valence-corrected chi connectivity index (χ0v) is 18.3. The Kier molecular flexibility index (Phi) is 7.74. The summed E-state index contributed by atoms with van der Waals surface area (Å²) in [7, 11) is 1.30. The van der Waals surface area contributed by atoms with Gasteiger partial charge < -0.3 is 10.6 Å². The number of carbonyl (C=O) groups is 2. The molecule has 0 saturated carbocycles. The van der Waals surface area contributed by atoms with E-state index in [9.17, 15) is 22.8 Å². The first kappa shape index (κ1) is 24.3. The molecule has 0 bridgehead atoms. The smallest absolute Gasteiger partial charge is 0.308 e. The van der Waals surface area contributed by atoms with E-state index in [1.54, 1.807) is 24.3 Å². The molecule has 0 aliphatic rings. The number of hydrogen-bond donors (Lipinski definition) is 3. The molecule has 0 unspecified atom stereocenters. The highest BCUT2D eigenvalue weighted by Crippen LogP contribution is 2.36. The molecule has 0 fully saturated rings. The lowest BCUT2D eigenvalue weighted by Crippen LogP contribution is -2.22. The predicted molar refractivity (Wildman–Crippen MR) is 116 cm³/mol. The zero-order valence-electron chi connectivity index (χ0n) is 16.7. The number of nitrogens with zero attached hydrogens (tertiary/aromatic N) is 2. The minimum absolute atomic E-state index is 0.0717. The van der Waals surface area contributed by atoms with Gasteiger partial charge >= 0.3 is 12.2 Å². The molecule has 0 spiro atoms. The summed E-state index contributed by atoms with van der Waals surface area (Å²) in [6.07, 6.45) is -3.42. The molecule has 0 saturated heterocycles. The fourth-order valence-corrected chi connectivity index (χ4v) is 3.61. The Balaban J connectivity index is 1.68. The molecule has 3 aromatic rings. The molecule has 0 atom stereocenters. The number of nitrogens with one attached hydrogen (secondary N) is 3. The summed E-state index contributed by atoms with van der Waals surface area (Å²) in [4.78, 5) is 37.3. The van der Waals surface area contributed by atoms with Crippen LogP contribution in [-0.2, 0) is 11.0 Å². The van der Waals surface area contributed by atoms with Gasteiger partial charge in [-0.15, -0.1) is 0 Å². The maximum Gasteiger partial charge on any atom is 0.417 e. The number of halogens is 4. The Morgan fingerprint density at radius 1 is 1.03 bits per heavy atom. The van der Waals surface area contributed by atoms with Crippen molar-refractivity contribution in [2.75, 3.05) is 17.7 Å². The molecule has 0 aliphatic heterocycles. The molecule has 1 aromatic heterocycles. The van der Waals surface area contributed by atoms with E-state index in [1.165, 1.54) is 37.3 Å². The van der Waals surface area contributed by atoms with Gasteiger partial charge in [0.15, 0.2) is 0 Å². The summed E-state index contributed by atoms with van der Waals surface area (Å²) in [5.74, 6) is -0.537. The number of anilines is 2. The minimum atomic E-state index is -4.65.